The number of aromatic nitrogens is 6. The molecule has 3 aromatic heterocycles. The Morgan fingerprint density at radius 1 is 1.09 bits per heavy atom. The van der Waals surface area contributed by atoms with Crippen molar-refractivity contribution >= 4 is 28.9 Å². The quantitative estimate of drug-likeness (QED) is 0.325. The number of carbonyl (C=O) groups excluding carboxylic acids is 2. The number of likely N-dealkylation sites (tertiary alicyclic amines) is 1. The van der Waals surface area contributed by atoms with Gasteiger partial charge in [0.2, 0.25) is 11.7 Å². The number of piperidine rings is 1. The Morgan fingerprint density at radius 3 is 2.60 bits per heavy atom. The van der Waals surface area contributed by atoms with Crippen LogP contribution in [0.15, 0.2) is 41.5 Å². The molecule has 0 radical (unpaired) electrons. The minimum atomic E-state index is -0.484. The maximum absolute atomic E-state index is 14.3. The lowest BCUT2D eigenvalue weighted by Crippen LogP contribution is -2.46. The number of aryl methyl sites for hydroxylation is 1. The van der Waals surface area contributed by atoms with E-state index in [0.29, 0.717) is 87.2 Å². The number of ether oxygens (including phenoxy) is 1. The summed E-state index contributed by atoms with van der Waals surface area (Å²) in [6.07, 6.45) is 8.70. The molecule has 1 saturated carbocycles. The number of hydrogen-bond donors (Lipinski definition) is 2. The van der Waals surface area contributed by atoms with Gasteiger partial charge in [0.1, 0.15) is 12.9 Å². The number of aromatic hydroxyl groups is 1. The van der Waals surface area contributed by atoms with Crippen LogP contribution in [0.2, 0.25) is 0 Å². The standard InChI is InChI=1S/C34H36N8O5/c1-20-29(44)28(36-19-35-20)32(46)40-14-12-34(13-15-40)11-8-25-27(34)31(45)42-33(38-30(39-42)23-9-16-47-17-10-23)41(25)18-26(43)37-24-6-4-22(5-7-24)21-2-3-21/h4-7,9,19,21,44H,2-3,8,10-18H2,1H3,(H,37,43). The summed E-state index contributed by atoms with van der Waals surface area (Å²) < 4.78 is 8.69. The number of fused-ring (bicyclic) bond motifs is 3. The molecule has 8 rings (SSSR count). The Morgan fingerprint density at radius 2 is 1.87 bits per heavy atom. The van der Waals surface area contributed by atoms with Crippen molar-refractivity contribution in [3.63, 3.8) is 0 Å². The smallest absolute Gasteiger partial charge is 0.279 e. The summed E-state index contributed by atoms with van der Waals surface area (Å²) in [6.45, 7) is 3.40. The van der Waals surface area contributed by atoms with Gasteiger partial charge in [-0.05, 0) is 81.1 Å². The van der Waals surface area contributed by atoms with Gasteiger partial charge in [0, 0.05) is 35.4 Å². The van der Waals surface area contributed by atoms with Crippen molar-refractivity contribution in [1.82, 2.24) is 34.0 Å². The highest BCUT2D eigenvalue weighted by Crippen LogP contribution is 2.45. The zero-order chi connectivity index (χ0) is 32.3. The van der Waals surface area contributed by atoms with E-state index in [1.807, 2.05) is 22.8 Å². The second kappa shape index (κ2) is 11.4. The van der Waals surface area contributed by atoms with Gasteiger partial charge in [0.15, 0.2) is 17.3 Å². The first-order valence-corrected chi connectivity index (χ1v) is 16.3. The molecule has 1 spiro atoms. The molecule has 4 aliphatic rings. The molecule has 13 nitrogen and oxygen atoms in total. The van der Waals surface area contributed by atoms with Crippen molar-refractivity contribution in [3.05, 3.63) is 81.1 Å². The summed E-state index contributed by atoms with van der Waals surface area (Å²) in [5.41, 5.74) is 3.99. The molecule has 2 amide bonds. The number of benzene rings is 1. The monoisotopic (exact) mass is 636 g/mol. The van der Waals surface area contributed by atoms with Crippen molar-refractivity contribution in [1.29, 1.82) is 0 Å². The van der Waals surface area contributed by atoms with E-state index in [1.165, 1.54) is 29.2 Å². The lowest BCUT2D eigenvalue weighted by Gasteiger charge is -2.39. The van der Waals surface area contributed by atoms with Gasteiger partial charge in [0.25, 0.3) is 11.5 Å². The van der Waals surface area contributed by atoms with Crippen molar-refractivity contribution in [2.75, 3.05) is 31.6 Å². The summed E-state index contributed by atoms with van der Waals surface area (Å²) in [6, 6.07) is 8.03. The first kappa shape index (κ1) is 29.5. The Balaban J connectivity index is 1.13. The minimum absolute atomic E-state index is 0.0184. The van der Waals surface area contributed by atoms with Gasteiger partial charge in [0.05, 0.1) is 18.9 Å². The van der Waals surface area contributed by atoms with Crippen molar-refractivity contribution < 1.29 is 19.4 Å². The largest absolute Gasteiger partial charge is 0.504 e. The van der Waals surface area contributed by atoms with Crippen LogP contribution in [0.3, 0.4) is 0 Å². The Hall–Kier alpha value is -4.91. The van der Waals surface area contributed by atoms with Gasteiger partial charge in [-0.3, -0.25) is 14.4 Å². The first-order valence-electron chi connectivity index (χ1n) is 16.3. The topological polar surface area (TPSA) is 157 Å². The molecule has 47 heavy (non-hydrogen) atoms. The van der Waals surface area contributed by atoms with Crippen molar-refractivity contribution in [3.8, 4) is 5.75 Å². The van der Waals surface area contributed by atoms with E-state index in [0.717, 1.165) is 17.0 Å². The Labute approximate surface area is 270 Å². The summed E-state index contributed by atoms with van der Waals surface area (Å²) in [5, 5.41) is 18.1. The van der Waals surface area contributed by atoms with Crippen LogP contribution < -0.4 is 10.9 Å². The maximum Gasteiger partial charge on any atom is 0.279 e. The third kappa shape index (κ3) is 5.18. The lowest BCUT2D eigenvalue weighted by atomic mass is 9.74. The third-order valence-corrected chi connectivity index (χ3v) is 10.2. The number of nitrogens with one attached hydrogen (secondary N) is 1. The fourth-order valence-electron chi connectivity index (χ4n) is 7.42. The average molecular weight is 637 g/mol. The molecule has 5 heterocycles. The predicted molar refractivity (Wildman–Crippen MR) is 171 cm³/mol. The molecule has 0 bridgehead atoms. The Kier molecular flexibility index (Phi) is 7.16. The van der Waals surface area contributed by atoms with E-state index in [2.05, 4.69) is 32.5 Å². The second-order valence-electron chi connectivity index (χ2n) is 13.1. The molecular formula is C34H36N8O5. The van der Waals surface area contributed by atoms with Crippen LogP contribution in [-0.4, -0.2) is 77.3 Å². The number of nitrogens with zero attached hydrogens (tertiary/aromatic N) is 7. The van der Waals surface area contributed by atoms with Gasteiger partial charge < -0.3 is 24.6 Å². The van der Waals surface area contributed by atoms with Gasteiger partial charge in [-0.25, -0.2) is 9.97 Å². The lowest BCUT2D eigenvalue weighted by molar-refractivity contribution is -0.116. The fourth-order valence-corrected chi connectivity index (χ4v) is 7.42. The molecular weight excluding hydrogens is 600 g/mol. The van der Waals surface area contributed by atoms with Crippen LogP contribution in [-0.2, 0) is 27.9 Å². The number of rotatable bonds is 6. The van der Waals surface area contributed by atoms with E-state index in [4.69, 9.17) is 9.72 Å². The van der Waals surface area contributed by atoms with Crippen LogP contribution in [0.5, 0.6) is 5.75 Å². The van der Waals surface area contributed by atoms with E-state index >= 15 is 0 Å². The van der Waals surface area contributed by atoms with E-state index < -0.39 is 5.41 Å². The molecule has 4 aromatic rings. The van der Waals surface area contributed by atoms with E-state index in [1.54, 1.807) is 11.8 Å². The molecule has 2 N–H and O–H groups in total. The molecule has 1 saturated heterocycles. The molecule has 2 fully saturated rings. The van der Waals surface area contributed by atoms with Gasteiger partial charge in [-0.1, -0.05) is 18.2 Å². The highest BCUT2D eigenvalue weighted by molar-refractivity contribution is 5.95. The average Bonchev–Trinajstić information content (AvgIpc) is 3.74. The number of carbonyl (C=O) groups is 2. The zero-order valence-electron chi connectivity index (χ0n) is 26.2. The maximum atomic E-state index is 14.3. The van der Waals surface area contributed by atoms with Crippen LogP contribution in [0.1, 0.15) is 83.3 Å². The van der Waals surface area contributed by atoms with Gasteiger partial charge in [-0.15, -0.1) is 5.10 Å². The summed E-state index contributed by atoms with van der Waals surface area (Å²) in [5.74, 6) is 0.649. The van der Waals surface area contributed by atoms with Crippen LogP contribution in [0, 0.1) is 6.92 Å². The highest BCUT2D eigenvalue weighted by Gasteiger charge is 2.46. The van der Waals surface area contributed by atoms with Crippen molar-refractivity contribution in [2.24, 2.45) is 0 Å². The third-order valence-electron chi connectivity index (χ3n) is 10.2. The highest BCUT2D eigenvalue weighted by atomic mass is 16.5. The van der Waals surface area contributed by atoms with Crippen molar-refractivity contribution in [2.45, 2.75) is 69.7 Å². The molecule has 2 aliphatic heterocycles. The summed E-state index contributed by atoms with van der Waals surface area (Å²) in [4.78, 5) is 55.7. The van der Waals surface area contributed by atoms with Gasteiger partial charge in [-0.2, -0.15) is 9.50 Å². The molecule has 242 valence electrons. The Bertz CT molecular complexity index is 2000. The first-order chi connectivity index (χ1) is 22.8. The minimum Gasteiger partial charge on any atom is -0.504 e. The number of amides is 2. The van der Waals surface area contributed by atoms with E-state index in [-0.39, 0.29) is 35.4 Å². The summed E-state index contributed by atoms with van der Waals surface area (Å²) >= 11 is 0. The summed E-state index contributed by atoms with van der Waals surface area (Å²) in [7, 11) is 0. The molecule has 0 unspecified atom stereocenters. The van der Waals surface area contributed by atoms with Crippen LogP contribution in [0.4, 0.5) is 5.69 Å². The number of anilines is 1. The van der Waals surface area contributed by atoms with Crippen LogP contribution >= 0.6 is 0 Å². The van der Waals surface area contributed by atoms with Gasteiger partial charge >= 0.3 is 0 Å². The molecule has 1 aromatic carbocycles. The number of hydrogen-bond acceptors (Lipinski definition) is 9. The second-order valence-corrected chi connectivity index (χ2v) is 13.1. The SMILES string of the molecule is Cc1ncnc(C(=O)N2CCC3(CCc4c3c(=O)n3nc(C5=CCOCC5)nc3n4CC(=O)Nc3ccc(C4CC4)cc3)CC2)c1O. The van der Waals surface area contributed by atoms with Crippen LogP contribution in [0.25, 0.3) is 11.4 Å². The fraction of sp³-hybridized carbons (Fsp3) is 0.441. The normalized spacial score (nSPS) is 18.7. The zero-order valence-corrected chi connectivity index (χ0v) is 26.2. The predicted octanol–water partition coefficient (Wildman–Crippen LogP) is 3.14. The molecule has 0 atom stereocenters. The molecule has 2 aliphatic carbocycles. The molecule has 13 heteroatoms. The van der Waals surface area contributed by atoms with E-state index in [9.17, 15) is 19.5 Å².